The summed E-state index contributed by atoms with van der Waals surface area (Å²) < 4.78 is 0. The molecule has 0 heterocycles. The lowest BCUT2D eigenvalue weighted by Gasteiger charge is -2.30. The number of hydrogen-bond acceptors (Lipinski definition) is 3. The second-order valence-electron chi connectivity index (χ2n) is 6.27. The van der Waals surface area contributed by atoms with Gasteiger partial charge in [-0.25, -0.2) is 0 Å². The van der Waals surface area contributed by atoms with Gasteiger partial charge in [-0.1, -0.05) is 56.3 Å². The topological polar surface area (TPSA) is 63.4 Å². The number of hydrogen-bond donors (Lipinski definition) is 2. The first-order valence-electron chi connectivity index (χ1n) is 9.44. The number of benzene rings is 2. The van der Waals surface area contributed by atoms with Crippen molar-refractivity contribution < 1.29 is 0 Å². The Morgan fingerprint density at radius 3 is 2.44 bits per heavy atom. The third kappa shape index (κ3) is 6.12. The molecular weight excluding hydrogens is 334 g/mol. The summed E-state index contributed by atoms with van der Waals surface area (Å²) in [7, 11) is 1.77. The molecule has 0 spiro atoms. The maximum atomic E-state index is 9.03. The van der Waals surface area contributed by atoms with Gasteiger partial charge in [-0.3, -0.25) is 9.89 Å². The van der Waals surface area contributed by atoms with Gasteiger partial charge < -0.3 is 10.6 Å². The van der Waals surface area contributed by atoms with Gasteiger partial charge in [0, 0.05) is 20.1 Å². The molecule has 0 aliphatic heterocycles. The van der Waals surface area contributed by atoms with Crippen molar-refractivity contribution in [3.8, 4) is 6.07 Å². The van der Waals surface area contributed by atoms with Crippen LogP contribution < -0.4 is 10.6 Å². The molecule has 0 radical (unpaired) electrons. The zero-order chi connectivity index (χ0) is 19.5. The standard InChI is InChI=1S/C22H29N5/c1-4-27(5-2)21(20-12-7-6-8-13-20)17-26-22(24-3)25-16-19-11-9-10-18(14-19)15-23/h6-14,21H,4-5,16-17H2,1-3H3,(H2,24,25,26). The van der Waals surface area contributed by atoms with E-state index in [1.54, 1.807) is 7.05 Å². The van der Waals surface area contributed by atoms with Gasteiger partial charge >= 0.3 is 0 Å². The van der Waals surface area contributed by atoms with Crippen molar-refractivity contribution in [1.29, 1.82) is 5.26 Å². The first kappa shape index (κ1) is 20.5. The maximum absolute atomic E-state index is 9.03. The normalized spacial score (nSPS) is 12.5. The van der Waals surface area contributed by atoms with E-state index in [0.29, 0.717) is 12.1 Å². The van der Waals surface area contributed by atoms with E-state index in [4.69, 9.17) is 5.26 Å². The summed E-state index contributed by atoms with van der Waals surface area (Å²) in [5, 5.41) is 15.8. The molecule has 0 saturated carbocycles. The molecule has 0 amide bonds. The molecule has 0 aromatic heterocycles. The third-order valence-corrected chi connectivity index (χ3v) is 4.64. The van der Waals surface area contributed by atoms with E-state index in [0.717, 1.165) is 31.2 Å². The molecular formula is C22H29N5. The van der Waals surface area contributed by atoms with E-state index >= 15 is 0 Å². The summed E-state index contributed by atoms with van der Waals surface area (Å²) >= 11 is 0. The average molecular weight is 364 g/mol. The van der Waals surface area contributed by atoms with Crippen LogP contribution in [0.1, 0.15) is 36.6 Å². The fraction of sp³-hybridized carbons (Fsp3) is 0.364. The summed E-state index contributed by atoms with van der Waals surface area (Å²) in [5.74, 6) is 0.755. The van der Waals surface area contributed by atoms with Crippen LogP contribution in [-0.2, 0) is 6.54 Å². The Hall–Kier alpha value is -2.84. The molecule has 0 aliphatic rings. The lowest BCUT2D eigenvalue weighted by Crippen LogP contribution is -2.43. The highest BCUT2D eigenvalue weighted by Gasteiger charge is 2.18. The van der Waals surface area contributed by atoms with Gasteiger partial charge in [0.1, 0.15) is 0 Å². The first-order valence-corrected chi connectivity index (χ1v) is 9.44. The number of nitrogens with zero attached hydrogens (tertiary/aromatic N) is 3. The summed E-state index contributed by atoms with van der Waals surface area (Å²) in [6.45, 7) is 7.75. The van der Waals surface area contributed by atoms with E-state index in [9.17, 15) is 0 Å². The molecule has 2 aromatic rings. The van der Waals surface area contributed by atoms with Gasteiger partial charge in [0.2, 0.25) is 0 Å². The smallest absolute Gasteiger partial charge is 0.191 e. The summed E-state index contributed by atoms with van der Waals surface area (Å²) in [6, 6.07) is 20.6. The highest BCUT2D eigenvalue weighted by atomic mass is 15.2. The summed E-state index contributed by atoms with van der Waals surface area (Å²) in [6.07, 6.45) is 0. The van der Waals surface area contributed by atoms with Crippen molar-refractivity contribution >= 4 is 5.96 Å². The molecule has 0 saturated heterocycles. The highest BCUT2D eigenvalue weighted by molar-refractivity contribution is 5.79. The van der Waals surface area contributed by atoms with Crippen LogP contribution in [0.5, 0.6) is 0 Å². The Balaban J connectivity index is 2.00. The van der Waals surface area contributed by atoms with E-state index in [-0.39, 0.29) is 6.04 Å². The Morgan fingerprint density at radius 2 is 1.81 bits per heavy atom. The lowest BCUT2D eigenvalue weighted by molar-refractivity contribution is 0.219. The predicted molar refractivity (Wildman–Crippen MR) is 111 cm³/mol. The number of likely N-dealkylation sites (N-methyl/N-ethyl adjacent to an activating group) is 1. The van der Waals surface area contributed by atoms with Crippen molar-refractivity contribution in [3.05, 3.63) is 71.3 Å². The number of guanidine groups is 1. The monoisotopic (exact) mass is 363 g/mol. The van der Waals surface area contributed by atoms with Gasteiger partial charge in [-0.05, 0) is 36.3 Å². The number of nitriles is 1. The minimum Gasteiger partial charge on any atom is -0.354 e. The molecule has 0 fully saturated rings. The van der Waals surface area contributed by atoms with Crippen LogP contribution in [0.4, 0.5) is 0 Å². The van der Waals surface area contributed by atoms with E-state index in [1.165, 1.54) is 5.56 Å². The van der Waals surface area contributed by atoms with Gasteiger partial charge in [0.05, 0.1) is 17.7 Å². The minimum absolute atomic E-state index is 0.279. The molecule has 0 aliphatic carbocycles. The average Bonchev–Trinajstić information content (AvgIpc) is 2.73. The molecule has 2 N–H and O–H groups in total. The lowest BCUT2D eigenvalue weighted by atomic mass is 10.1. The number of nitrogens with one attached hydrogen (secondary N) is 2. The first-order chi connectivity index (χ1) is 13.2. The summed E-state index contributed by atoms with van der Waals surface area (Å²) in [5.41, 5.74) is 3.02. The fourth-order valence-electron chi connectivity index (χ4n) is 3.15. The van der Waals surface area contributed by atoms with Crippen molar-refractivity contribution in [2.45, 2.75) is 26.4 Å². The second kappa shape index (κ2) is 11.0. The molecule has 2 aromatic carbocycles. The molecule has 1 unspecified atom stereocenters. The molecule has 5 heteroatoms. The van der Waals surface area contributed by atoms with Crippen LogP contribution in [0.3, 0.4) is 0 Å². The van der Waals surface area contributed by atoms with Crippen LogP contribution in [0.25, 0.3) is 0 Å². The van der Waals surface area contributed by atoms with Gasteiger partial charge in [0.15, 0.2) is 5.96 Å². The quantitative estimate of drug-likeness (QED) is 0.558. The molecule has 1 atom stereocenters. The molecule has 27 heavy (non-hydrogen) atoms. The Kier molecular flexibility index (Phi) is 8.34. The van der Waals surface area contributed by atoms with Crippen molar-refractivity contribution in [3.63, 3.8) is 0 Å². The van der Waals surface area contributed by atoms with E-state index < -0.39 is 0 Å². The van der Waals surface area contributed by atoms with Gasteiger partial charge in [-0.2, -0.15) is 5.26 Å². The van der Waals surface area contributed by atoms with E-state index in [2.05, 4.69) is 64.7 Å². The van der Waals surface area contributed by atoms with Crippen LogP contribution in [0.15, 0.2) is 59.6 Å². The van der Waals surface area contributed by atoms with Crippen molar-refractivity contribution in [2.75, 3.05) is 26.7 Å². The predicted octanol–water partition coefficient (Wildman–Crippen LogP) is 3.31. The fourth-order valence-corrected chi connectivity index (χ4v) is 3.15. The SMILES string of the molecule is CCN(CC)C(CNC(=NC)NCc1cccc(C#N)c1)c1ccccc1. The van der Waals surface area contributed by atoms with Gasteiger partial charge in [0.25, 0.3) is 0 Å². The van der Waals surface area contributed by atoms with Crippen LogP contribution >= 0.6 is 0 Å². The third-order valence-electron chi connectivity index (χ3n) is 4.64. The molecule has 5 nitrogen and oxygen atoms in total. The minimum atomic E-state index is 0.279. The number of rotatable bonds is 8. The molecule has 142 valence electrons. The largest absolute Gasteiger partial charge is 0.354 e. The van der Waals surface area contributed by atoms with Crippen LogP contribution in [0.2, 0.25) is 0 Å². The summed E-state index contributed by atoms with van der Waals surface area (Å²) in [4.78, 5) is 6.77. The Labute approximate surface area is 162 Å². The zero-order valence-corrected chi connectivity index (χ0v) is 16.4. The Bertz CT molecular complexity index is 760. The van der Waals surface area contributed by atoms with Crippen LogP contribution in [-0.4, -0.2) is 37.5 Å². The van der Waals surface area contributed by atoms with E-state index in [1.807, 2.05) is 30.3 Å². The second-order valence-corrected chi connectivity index (χ2v) is 6.27. The molecule has 0 bridgehead atoms. The van der Waals surface area contributed by atoms with Gasteiger partial charge in [-0.15, -0.1) is 0 Å². The number of aliphatic imine (C=N–C) groups is 1. The van der Waals surface area contributed by atoms with Crippen LogP contribution in [0, 0.1) is 11.3 Å². The zero-order valence-electron chi connectivity index (χ0n) is 16.4. The Morgan fingerprint density at radius 1 is 1.07 bits per heavy atom. The van der Waals surface area contributed by atoms with Crippen molar-refractivity contribution in [2.24, 2.45) is 4.99 Å². The highest BCUT2D eigenvalue weighted by Crippen LogP contribution is 2.19. The maximum Gasteiger partial charge on any atom is 0.191 e. The van der Waals surface area contributed by atoms with Crippen molar-refractivity contribution in [1.82, 2.24) is 15.5 Å². The molecule has 2 rings (SSSR count).